The Morgan fingerprint density at radius 2 is 2.12 bits per heavy atom. The second kappa shape index (κ2) is 6.08. The van der Waals surface area contributed by atoms with Crippen LogP contribution in [0.3, 0.4) is 0 Å². The van der Waals surface area contributed by atoms with Gasteiger partial charge in [-0.3, -0.25) is 9.59 Å². The van der Waals surface area contributed by atoms with Crippen LogP contribution in [0.15, 0.2) is 48.5 Å². The molecule has 0 radical (unpaired) electrons. The molecular formula is C21H17N3O2. The van der Waals surface area contributed by atoms with Crippen molar-refractivity contribution in [3.05, 3.63) is 65.4 Å². The van der Waals surface area contributed by atoms with Crippen molar-refractivity contribution in [3.63, 3.8) is 0 Å². The molecule has 1 aliphatic heterocycles. The van der Waals surface area contributed by atoms with Crippen molar-refractivity contribution in [3.8, 4) is 12.3 Å². The van der Waals surface area contributed by atoms with Gasteiger partial charge in [-0.15, -0.1) is 6.42 Å². The molecule has 2 aromatic carbocycles. The van der Waals surface area contributed by atoms with Crippen LogP contribution in [0, 0.1) is 12.3 Å². The number of fused-ring (bicyclic) bond motifs is 3. The third-order valence-corrected chi connectivity index (χ3v) is 4.62. The van der Waals surface area contributed by atoms with Crippen molar-refractivity contribution >= 4 is 28.4 Å². The third-order valence-electron chi connectivity index (χ3n) is 4.62. The number of aromatic nitrogens is 1. The number of carbonyl (C=O) groups excluding carboxylic acids is 2. The minimum absolute atomic E-state index is 0.0867. The molecule has 0 bridgehead atoms. The molecule has 0 spiro atoms. The summed E-state index contributed by atoms with van der Waals surface area (Å²) < 4.78 is 1.99. The fraction of sp³-hybridized carbons (Fsp3) is 0.143. The molecule has 5 nitrogen and oxygen atoms in total. The standard InChI is InChI=1S/C21H17N3O2/c1-3-14-5-4-6-17(9-14)23-20(25)16-8-7-15-10-19-21(26)22-12-13(2)24(19)18(15)11-16/h1,4-11,13H,12H2,2H3,(H,22,26)(H,23,25). The summed E-state index contributed by atoms with van der Waals surface area (Å²) in [6, 6.07) is 14.6. The van der Waals surface area contributed by atoms with E-state index in [1.54, 1.807) is 30.3 Å². The van der Waals surface area contributed by atoms with Crippen molar-refractivity contribution in [2.24, 2.45) is 0 Å². The lowest BCUT2D eigenvalue weighted by molar-refractivity contribution is 0.0919. The number of benzene rings is 2. The Morgan fingerprint density at radius 1 is 1.27 bits per heavy atom. The van der Waals surface area contributed by atoms with Gasteiger partial charge in [0, 0.05) is 40.3 Å². The van der Waals surface area contributed by atoms with Gasteiger partial charge in [0.15, 0.2) is 0 Å². The molecule has 1 unspecified atom stereocenters. The molecule has 2 N–H and O–H groups in total. The molecule has 128 valence electrons. The minimum atomic E-state index is -0.218. The maximum Gasteiger partial charge on any atom is 0.268 e. The Morgan fingerprint density at radius 3 is 2.92 bits per heavy atom. The summed E-state index contributed by atoms with van der Waals surface area (Å²) in [5, 5.41) is 6.68. The lowest BCUT2D eigenvalue weighted by Gasteiger charge is -2.24. The van der Waals surface area contributed by atoms with Gasteiger partial charge in [0.2, 0.25) is 0 Å². The fourth-order valence-electron chi connectivity index (χ4n) is 3.32. The third kappa shape index (κ3) is 2.62. The van der Waals surface area contributed by atoms with E-state index in [4.69, 9.17) is 6.42 Å². The van der Waals surface area contributed by atoms with E-state index in [0.29, 0.717) is 29.1 Å². The molecule has 1 atom stereocenters. The van der Waals surface area contributed by atoms with Crippen molar-refractivity contribution in [1.29, 1.82) is 0 Å². The van der Waals surface area contributed by atoms with Crippen LogP contribution in [-0.4, -0.2) is 22.9 Å². The van der Waals surface area contributed by atoms with Crippen molar-refractivity contribution in [2.75, 3.05) is 11.9 Å². The van der Waals surface area contributed by atoms with Gasteiger partial charge in [0.05, 0.1) is 0 Å². The highest BCUT2D eigenvalue weighted by molar-refractivity contribution is 6.07. The Kier molecular flexibility index (Phi) is 3.74. The number of hydrogen-bond donors (Lipinski definition) is 2. The number of nitrogens with one attached hydrogen (secondary N) is 2. The average molecular weight is 343 g/mol. The van der Waals surface area contributed by atoms with Gasteiger partial charge in [-0.2, -0.15) is 0 Å². The zero-order valence-corrected chi connectivity index (χ0v) is 14.2. The minimum Gasteiger partial charge on any atom is -0.349 e. The molecule has 0 saturated heterocycles. The molecule has 0 fully saturated rings. The molecule has 5 heteroatoms. The van der Waals surface area contributed by atoms with E-state index in [9.17, 15) is 9.59 Å². The monoisotopic (exact) mass is 343 g/mol. The van der Waals surface area contributed by atoms with E-state index < -0.39 is 0 Å². The molecule has 4 rings (SSSR count). The van der Waals surface area contributed by atoms with Crippen LogP contribution < -0.4 is 10.6 Å². The second-order valence-corrected chi connectivity index (χ2v) is 6.41. The van der Waals surface area contributed by atoms with E-state index in [2.05, 4.69) is 16.6 Å². The lowest BCUT2D eigenvalue weighted by atomic mass is 10.1. The van der Waals surface area contributed by atoms with Crippen molar-refractivity contribution < 1.29 is 9.59 Å². The number of terminal acetylenes is 1. The highest BCUT2D eigenvalue weighted by Crippen LogP contribution is 2.27. The van der Waals surface area contributed by atoms with Gasteiger partial charge < -0.3 is 15.2 Å². The van der Waals surface area contributed by atoms with Gasteiger partial charge in [0.1, 0.15) is 5.69 Å². The fourth-order valence-corrected chi connectivity index (χ4v) is 3.32. The highest BCUT2D eigenvalue weighted by atomic mass is 16.2. The number of carbonyl (C=O) groups is 2. The van der Waals surface area contributed by atoms with Crippen molar-refractivity contribution in [2.45, 2.75) is 13.0 Å². The zero-order chi connectivity index (χ0) is 18.3. The van der Waals surface area contributed by atoms with Crippen LogP contribution in [0.5, 0.6) is 0 Å². The average Bonchev–Trinajstić information content (AvgIpc) is 3.05. The summed E-state index contributed by atoms with van der Waals surface area (Å²) in [5.74, 6) is 2.25. The maximum atomic E-state index is 12.6. The highest BCUT2D eigenvalue weighted by Gasteiger charge is 2.24. The Hall–Kier alpha value is -3.52. The summed E-state index contributed by atoms with van der Waals surface area (Å²) in [6.45, 7) is 2.62. The second-order valence-electron chi connectivity index (χ2n) is 6.41. The number of rotatable bonds is 2. The normalized spacial score (nSPS) is 15.8. The zero-order valence-electron chi connectivity index (χ0n) is 14.2. The summed E-state index contributed by atoms with van der Waals surface area (Å²) in [6.07, 6.45) is 5.40. The molecule has 0 saturated carbocycles. The molecular weight excluding hydrogens is 326 g/mol. The molecule has 0 aliphatic carbocycles. The molecule has 2 heterocycles. The molecule has 26 heavy (non-hydrogen) atoms. The Balaban J connectivity index is 1.71. The number of hydrogen-bond acceptors (Lipinski definition) is 2. The Bertz CT molecular complexity index is 1090. The molecule has 3 aromatic rings. The smallest absolute Gasteiger partial charge is 0.268 e. The van der Waals surface area contributed by atoms with Gasteiger partial charge in [0.25, 0.3) is 11.8 Å². The van der Waals surface area contributed by atoms with Crippen LogP contribution >= 0.6 is 0 Å². The first-order valence-corrected chi connectivity index (χ1v) is 8.38. The number of amides is 2. The predicted molar refractivity (Wildman–Crippen MR) is 101 cm³/mol. The number of nitrogens with zero attached hydrogens (tertiary/aromatic N) is 1. The number of anilines is 1. The van der Waals surface area contributed by atoms with E-state index in [1.807, 2.05) is 29.7 Å². The molecule has 2 amide bonds. The van der Waals surface area contributed by atoms with Crippen LogP contribution in [0.4, 0.5) is 5.69 Å². The summed E-state index contributed by atoms with van der Waals surface area (Å²) in [4.78, 5) is 24.7. The summed E-state index contributed by atoms with van der Waals surface area (Å²) in [5.41, 5.74) is 3.39. The topological polar surface area (TPSA) is 63.1 Å². The molecule has 1 aromatic heterocycles. The van der Waals surface area contributed by atoms with E-state index in [-0.39, 0.29) is 17.9 Å². The first-order chi connectivity index (χ1) is 12.6. The van der Waals surface area contributed by atoms with Crippen LogP contribution in [0.2, 0.25) is 0 Å². The van der Waals surface area contributed by atoms with Crippen LogP contribution in [-0.2, 0) is 0 Å². The molecule has 1 aliphatic rings. The summed E-state index contributed by atoms with van der Waals surface area (Å²) in [7, 11) is 0. The van der Waals surface area contributed by atoms with E-state index >= 15 is 0 Å². The van der Waals surface area contributed by atoms with Crippen LogP contribution in [0.25, 0.3) is 10.9 Å². The van der Waals surface area contributed by atoms with E-state index in [0.717, 1.165) is 10.9 Å². The lowest BCUT2D eigenvalue weighted by Crippen LogP contribution is -2.37. The predicted octanol–water partition coefficient (Wildman–Crippen LogP) is 3.18. The summed E-state index contributed by atoms with van der Waals surface area (Å²) >= 11 is 0. The first-order valence-electron chi connectivity index (χ1n) is 8.38. The maximum absolute atomic E-state index is 12.6. The Labute approximate surface area is 151 Å². The van der Waals surface area contributed by atoms with Crippen LogP contribution in [0.1, 0.15) is 39.4 Å². The van der Waals surface area contributed by atoms with E-state index in [1.165, 1.54) is 0 Å². The van der Waals surface area contributed by atoms with Gasteiger partial charge in [-0.05, 0) is 43.3 Å². The SMILES string of the molecule is C#Cc1cccc(NC(=O)c2ccc3cc4n(c3c2)C(C)CNC4=O)c1. The van der Waals surface area contributed by atoms with Gasteiger partial charge in [-0.25, -0.2) is 0 Å². The van der Waals surface area contributed by atoms with Gasteiger partial charge in [-0.1, -0.05) is 18.1 Å². The van der Waals surface area contributed by atoms with Gasteiger partial charge >= 0.3 is 0 Å². The quantitative estimate of drug-likeness (QED) is 0.702. The largest absolute Gasteiger partial charge is 0.349 e. The van der Waals surface area contributed by atoms with Crippen molar-refractivity contribution in [1.82, 2.24) is 9.88 Å². The first kappa shape index (κ1) is 16.0.